The summed E-state index contributed by atoms with van der Waals surface area (Å²) in [5, 5.41) is 0. The third kappa shape index (κ3) is 6.37. The Morgan fingerprint density at radius 3 is 1.20 bits per heavy atom. The van der Waals surface area contributed by atoms with Crippen LogP contribution in [-0.4, -0.2) is 51.6 Å². The molecular formula is C37H48O8. The largest absolute Gasteiger partial charge is 0.465 e. The quantitative estimate of drug-likeness (QED) is 0.0703. The van der Waals surface area contributed by atoms with Crippen molar-refractivity contribution in [1.82, 2.24) is 0 Å². The Balaban J connectivity index is 0.926. The molecule has 8 nitrogen and oxygen atoms in total. The van der Waals surface area contributed by atoms with Crippen LogP contribution in [0.1, 0.15) is 51.4 Å². The van der Waals surface area contributed by atoms with Crippen LogP contribution >= 0.6 is 0 Å². The average Bonchev–Trinajstić information content (AvgIpc) is 3.92. The predicted octanol–water partition coefficient (Wildman–Crippen LogP) is 5.80. The van der Waals surface area contributed by atoms with E-state index in [0.29, 0.717) is 60.6 Å². The van der Waals surface area contributed by atoms with Gasteiger partial charge >= 0.3 is 11.9 Å². The van der Waals surface area contributed by atoms with Gasteiger partial charge in [-0.1, -0.05) is 48.6 Å². The van der Waals surface area contributed by atoms with Crippen LogP contribution in [0.25, 0.3) is 0 Å². The van der Waals surface area contributed by atoms with Crippen molar-refractivity contribution in [2.45, 2.75) is 51.4 Å². The highest BCUT2D eigenvalue weighted by Crippen LogP contribution is 2.46. The summed E-state index contributed by atoms with van der Waals surface area (Å²) in [5.41, 5.74) is -0.977. The number of hydrogen-bond donors (Lipinski definition) is 0. The lowest BCUT2D eigenvalue weighted by Gasteiger charge is -2.33. The number of esters is 2. The Morgan fingerprint density at radius 1 is 0.467 bits per heavy atom. The second-order valence-electron chi connectivity index (χ2n) is 15.7. The van der Waals surface area contributed by atoms with Gasteiger partial charge in [0.25, 0.3) is 0 Å². The molecule has 8 aliphatic carbocycles. The summed E-state index contributed by atoms with van der Waals surface area (Å²) < 4.78 is 12.1. The van der Waals surface area contributed by atoms with E-state index >= 15 is 0 Å². The third-order valence-electron chi connectivity index (χ3n) is 12.5. The number of rotatable bonds is 16. The molecule has 8 aliphatic rings. The van der Waals surface area contributed by atoms with Gasteiger partial charge < -0.3 is 9.47 Å². The maximum absolute atomic E-state index is 13.3. The lowest BCUT2D eigenvalue weighted by Crippen LogP contribution is -2.44. The van der Waals surface area contributed by atoms with Crippen LogP contribution in [-0.2, 0) is 38.6 Å². The molecule has 0 amide bonds. The zero-order valence-electron chi connectivity index (χ0n) is 26.2. The van der Waals surface area contributed by atoms with Crippen molar-refractivity contribution < 1.29 is 38.6 Å². The first kappa shape index (κ1) is 30.1. The van der Waals surface area contributed by atoms with Gasteiger partial charge in [0.15, 0.2) is 0 Å². The van der Waals surface area contributed by atoms with Gasteiger partial charge in [-0.05, 0) is 111 Å². The van der Waals surface area contributed by atoms with E-state index in [4.69, 9.17) is 29.0 Å². The molecule has 0 saturated heterocycles. The monoisotopic (exact) mass is 620 g/mol. The average molecular weight is 621 g/mol. The van der Waals surface area contributed by atoms with Gasteiger partial charge in [0.2, 0.25) is 0 Å². The molecule has 8 bridgehead atoms. The molecule has 45 heavy (non-hydrogen) atoms. The summed E-state index contributed by atoms with van der Waals surface area (Å²) in [6, 6.07) is 0. The molecule has 0 aromatic carbocycles. The normalized spacial score (nSPS) is 42.0. The van der Waals surface area contributed by atoms with E-state index in [9.17, 15) is 9.59 Å². The number of hydrogen-bond acceptors (Lipinski definition) is 8. The maximum Gasteiger partial charge on any atom is 0.309 e. The smallest absolute Gasteiger partial charge is 0.309 e. The Bertz CT molecular complexity index is 1140. The molecule has 12 atom stereocenters. The van der Waals surface area contributed by atoms with Crippen molar-refractivity contribution in [1.29, 1.82) is 0 Å². The van der Waals surface area contributed by atoms with E-state index in [1.54, 1.807) is 0 Å². The second kappa shape index (κ2) is 12.7. The highest BCUT2D eigenvalue weighted by atomic mass is 17.2. The van der Waals surface area contributed by atoms with E-state index < -0.39 is 5.41 Å². The molecule has 8 heteroatoms. The van der Waals surface area contributed by atoms with Gasteiger partial charge in [-0.2, -0.15) is 0 Å². The Hall–Kier alpha value is -2.26. The van der Waals surface area contributed by atoms with Crippen LogP contribution in [0.4, 0.5) is 0 Å². The molecule has 244 valence electrons. The first-order valence-electron chi connectivity index (χ1n) is 17.6. The van der Waals surface area contributed by atoms with Crippen LogP contribution in [0.3, 0.4) is 0 Å². The molecule has 0 heterocycles. The predicted molar refractivity (Wildman–Crippen MR) is 164 cm³/mol. The fourth-order valence-electron chi connectivity index (χ4n) is 9.79. The number of carbonyl (C=O) groups excluding carboxylic acids is 2. The van der Waals surface area contributed by atoms with Gasteiger partial charge in [0.05, 0.1) is 43.7 Å². The molecule has 12 unspecified atom stereocenters. The van der Waals surface area contributed by atoms with Crippen molar-refractivity contribution in [3.8, 4) is 0 Å². The zero-order valence-corrected chi connectivity index (χ0v) is 26.2. The van der Waals surface area contributed by atoms with Crippen LogP contribution in [0.2, 0.25) is 0 Å². The maximum atomic E-state index is 13.3. The number of carbonyl (C=O) groups is 2. The summed E-state index contributed by atoms with van der Waals surface area (Å²) in [6.45, 7) is 1.10. The first-order chi connectivity index (χ1) is 22.0. The fourth-order valence-corrected chi connectivity index (χ4v) is 9.79. The fraction of sp³-hybridized carbons (Fsp3) is 0.730. The number of fused-ring (bicyclic) bond motifs is 8. The van der Waals surface area contributed by atoms with Gasteiger partial charge in [-0.3, -0.25) is 9.59 Å². The van der Waals surface area contributed by atoms with E-state index in [1.165, 1.54) is 12.8 Å². The van der Waals surface area contributed by atoms with Gasteiger partial charge in [-0.25, -0.2) is 19.6 Å². The molecule has 0 radical (unpaired) electrons. The lowest BCUT2D eigenvalue weighted by atomic mass is 9.90. The SMILES string of the molecule is O=C(OCC(COOCC1CC2C=CC1C2)(COOCC1CC2C=CC1C2)COC(=O)C1CC2C=CC1C2)C1CC2C=CC1C2. The Kier molecular flexibility index (Phi) is 8.52. The van der Waals surface area contributed by atoms with Crippen molar-refractivity contribution in [3.63, 3.8) is 0 Å². The minimum Gasteiger partial charge on any atom is -0.465 e. The van der Waals surface area contributed by atoms with Gasteiger partial charge in [-0.15, -0.1) is 0 Å². The topological polar surface area (TPSA) is 89.5 Å². The molecule has 0 aliphatic heterocycles. The van der Waals surface area contributed by atoms with Crippen LogP contribution < -0.4 is 0 Å². The molecule has 0 aromatic heterocycles. The van der Waals surface area contributed by atoms with Gasteiger partial charge in [0, 0.05) is 0 Å². The lowest BCUT2D eigenvalue weighted by molar-refractivity contribution is -0.352. The van der Waals surface area contributed by atoms with E-state index in [1.807, 2.05) is 0 Å². The zero-order chi connectivity index (χ0) is 30.4. The molecule has 0 spiro atoms. The van der Waals surface area contributed by atoms with Crippen molar-refractivity contribution in [2.75, 3.05) is 39.6 Å². The van der Waals surface area contributed by atoms with Crippen molar-refractivity contribution >= 4 is 11.9 Å². The standard InChI is InChI=1S/C37H48O8/c38-35(33-15-25-3-7-29(33)11-25)40-19-37(20-41-36(39)34-16-26-4-8-30(34)12-26,21-44-42-17-31-13-23-1-5-27(31)9-23)22-45-43-18-32-14-24-2-6-28(32)10-24/h1-8,23-34H,9-22H2. The summed E-state index contributed by atoms with van der Waals surface area (Å²) >= 11 is 0. The van der Waals surface area contributed by atoms with Crippen molar-refractivity contribution in [3.05, 3.63) is 48.6 Å². The summed E-state index contributed by atoms with van der Waals surface area (Å²) in [6.07, 6.45) is 26.3. The van der Waals surface area contributed by atoms with E-state index in [0.717, 1.165) is 38.5 Å². The summed E-state index contributed by atoms with van der Waals surface area (Å²) in [5.74, 6) is 4.02. The van der Waals surface area contributed by atoms with Gasteiger partial charge in [0.1, 0.15) is 13.2 Å². The molecule has 0 aromatic rings. The molecule has 0 N–H and O–H groups in total. The second-order valence-corrected chi connectivity index (χ2v) is 15.7. The minimum atomic E-state index is -0.977. The molecule has 8 rings (SSSR count). The molecule has 4 fully saturated rings. The summed E-state index contributed by atoms with van der Waals surface area (Å²) in [4.78, 5) is 50.1. The van der Waals surface area contributed by atoms with Crippen LogP contribution in [0.5, 0.6) is 0 Å². The number of allylic oxidation sites excluding steroid dienone is 8. The van der Waals surface area contributed by atoms with Crippen LogP contribution in [0.15, 0.2) is 48.6 Å². The summed E-state index contributed by atoms with van der Waals surface area (Å²) in [7, 11) is 0. The van der Waals surface area contributed by atoms with E-state index in [2.05, 4.69) is 48.6 Å². The third-order valence-corrected chi connectivity index (χ3v) is 12.5. The number of ether oxygens (including phenoxy) is 2. The molecule has 4 saturated carbocycles. The highest BCUT2D eigenvalue weighted by Gasteiger charge is 2.45. The highest BCUT2D eigenvalue weighted by molar-refractivity contribution is 5.74. The van der Waals surface area contributed by atoms with Crippen LogP contribution in [0, 0.1) is 76.4 Å². The Labute approximate surface area is 266 Å². The van der Waals surface area contributed by atoms with Crippen molar-refractivity contribution in [2.24, 2.45) is 76.4 Å². The molecular weight excluding hydrogens is 572 g/mol. The van der Waals surface area contributed by atoms with E-state index in [-0.39, 0.29) is 62.0 Å². The Morgan fingerprint density at radius 2 is 0.867 bits per heavy atom. The first-order valence-corrected chi connectivity index (χ1v) is 17.6. The minimum absolute atomic E-state index is 0.00616.